The Hall–Kier alpha value is -1.88. The second-order valence-corrected chi connectivity index (χ2v) is 5.81. The topological polar surface area (TPSA) is 71.1 Å². The molecule has 0 aliphatic carbocycles. The number of nitrogens with two attached hydrogens (primary N) is 2. The van der Waals surface area contributed by atoms with Crippen molar-refractivity contribution in [3.63, 3.8) is 0 Å². The highest BCUT2D eigenvalue weighted by Crippen LogP contribution is 2.20. The summed E-state index contributed by atoms with van der Waals surface area (Å²) in [6.45, 7) is 9.25. The van der Waals surface area contributed by atoms with Crippen molar-refractivity contribution >= 4 is 11.6 Å². The van der Waals surface area contributed by atoms with Gasteiger partial charge in [0.25, 0.3) is 0 Å². The number of hydrogen-bond acceptors (Lipinski definition) is 3. The molecule has 2 aromatic rings. The molecule has 2 heterocycles. The zero-order chi connectivity index (χ0) is 16.1. The third-order valence-electron chi connectivity index (χ3n) is 4.11. The number of anilines is 2. The van der Waals surface area contributed by atoms with E-state index >= 15 is 0 Å². The van der Waals surface area contributed by atoms with Crippen molar-refractivity contribution in [2.75, 3.05) is 18.1 Å². The van der Waals surface area contributed by atoms with Gasteiger partial charge in [-0.3, -0.25) is 0 Å². The summed E-state index contributed by atoms with van der Waals surface area (Å²) in [5.41, 5.74) is 15.6. The van der Waals surface area contributed by atoms with Gasteiger partial charge in [-0.05, 0) is 38.5 Å². The molecule has 0 amide bonds. The molecule has 0 unspecified atom stereocenters. The molecule has 0 aliphatic rings. The van der Waals surface area contributed by atoms with Crippen LogP contribution in [0.2, 0.25) is 0 Å². The van der Waals surface area contributed by atoms with Crippen molar-refractivity contribution in [2.45, 2.75) is 53.3 Å². The van der Waals surface area contributed by atoms with E-state index < -0.39 is 0 Å². The molecule has 2 rings (SSSR count). The van der Waals surface area contributed by atoms with E-state index in [2.05, 4.69) is 29.0 Å². The number of aromatic nitrogens is 2. The van der Waals surface area contributed by atoms with Crippen LogP contribution in [-0.2, 0) is 24.4 Å². The third kappa shape index (κ3) is 3.65. The van der Waals surface area contributed by atoms with Gasteiger partial charge < -0.3 is 25.3 Å². The molecule has 0 aromatic carbocycles. The summed E-state index contributed by atoms with van der Waals surface area (Å²) in [4.78, 5) is 0. The highest BCUT2D eigenvalue weighted by Gasteiger charge is 2.09. The van der Waals surface area contributed by atoms with Crippen molar-refractivity contribution in [1.82, 2.24) is 9.13 Å². The van der Waals surface area contributed by atoms with Crippen molar-refractivity contribution in [2.24, 2.45) is 0 Å². The fourth-order valence-corrected chi connectivity index (χ4v) is 2.73. The summed E-state index contributed by atoms with van der Waals surface area (Å²) in [7, 11) is 0. The van der Waals surface area contributed by atoms with Crippen molar-refractivity contribution in [1.29, 1.82) is 0 Å². The van der Waals surface area contributed by atoms with E-state index in [0.29, 0.717) is 13.2 Å². The van der Waals surface area contributed by atoms with E-state index in [0.717, 1.165) is 42.4 Å². The Bertz CT molecular complexity index is 593. The van der Waals surface area contributed by atoms with E-state index in [-0.39, 0.29) is 0 Å². The predicted molar refractivity (Wildman–Crippen MR) is 91.7 cm³/mol. The molecule has 0 spiro atoms. The minimum Gasteiger partial charge on any atom is -0.385 e. The molecular formula is C17H28N4O. The van der Waals surface area contributed by atoms with E-state index in [1.807, 2.05) is 19.1 Å². The van der Waals surface area contributed by atoms with Gasteiger partial charge in [0.2, 0.25) is 0 Å². The van der Waals surface area contributed by atoms with Crippen LogP contribution >= 0.6 is 0 Å². The average Bonchev–Trinajstić information content (AvgIpc) is 2.94. The van der Waals surface area contributed by atoms with E-state index in [1.54, 1.807) is 0 Å². The van der Waals surface area contributed by atoms with Gasteiger partial charge in [-0.1, -0.05) is 13.3 Å². The number of aryl methyl sites for hydroxylation is 2. The minimum atomic E-state index is 0.548. The molecule has 0 fully saturated rings. The van der Waals surface area contributed by atoms with E-state index in [9.17, 15) is 0 Å². The summed E-state index contributed by atoms with van der Waals surface area (Å²) in [5, 5.41) is 0. The maximum atomic E-state index is 6.23. The van der Waals surface area contributed by atoms with Gasteiger partial charge in [0, 0.05) is 30.0 Å². The molecule has 0 saturated heterocycles. The molecule has 0 atom stereocenters. The van der Waals surface area contributed by atoms with Crippen LogP contribution in [0.15, 0.2) is 18.2 Å². The lowest BCUT2D eigenvalue weighted by Gasteiger charge is -2.10. The lowest BCUT2D eigenvalue weighted by atomic mass is 10.3. The number of hydrogen-bond donors (Lipinski definition) is 2. The number of unbranched alkanes of at least 4 members (excludes halogenated alkanes) is 1. The quantitative estimate of drug-likeness (QED) is 0.736. The second-order valence-electron chi connectivity index (χ2n) is 5.81. The summed E-state index contributed by atoms with van der Waals surface area (Å²) in [6.07, 6.45) is 2.31. The molecule has 0 saturated carbocycles. The molecule has 22 heavy (non-hydrogen) atoms. The van der Waals surface area contributed by atoms with Crippen molar-refractivity contribution in [3.8, 4) is 0 Å². The maximum Gasteiger partial charge on any atom is 0.109 e. The number of rotatable bonds is 8. The van der Waals surface area contributed by atoms with E-state index in [1.165, 1.54) is 12.1 Å². The van der Waals surface area contributed by atoms with Crippen LogP contribution in [-0.4, -0.2) is 15.7 Å². The second kappa shape index (κ2) is 7.40. The predicted octanol–water partition coefficient (Wildman–Crippen LogP) is 3.09. The Morgan fingerprint density at radius 1 is 1.05 bits per heavy atom. The maximum absolute atomic E-state index is 6.23. The summed E-state index contributed by atoms with van der Waals surface area (Å²) in [5.74, 6) is 1.62. The largest absolute Gasteiger partial charge is 0.385 e. The highest BCUT2D eigenvalue weighted by molar-refractivity contribution is 5.44. The van der Waals surface area contributed by atoms with Crippen LogP contribution in [0.3, 0.4) is 0 Å². The summed E-state index contributed by atoms with van der Waals surface area (Å²) >= 11 is 0. The van der Waals surface area contributed by atoms with Gasteiger partial charge in [0.05, 0.1) is 13.2 Å². The van der Waals surface area contributed by atoms with Gasteiger partial charge in [-0.15, -0.1) is 0 Å². The number of nitrogens with zero attached hydrogens (tertiary/aromatic N) is 2. The van der Waals surface area contributed by atoms with Crippen molar-refractivity contribution < 1.29 is 4.74 Å². The smallest absolute Gasteiger partial charge is 0.109 e. The van der Waals surface area contributed by atoms with Gasteiger partial charge in [0.1, 0.15) is 11.6 Å². The summed E-state index contributed by atoms with van der Waals surface area (Å²) < 4.78 is 10.0. The molecule has 5 heteroatoms. The molecule has 2 aromatic heterocycles. The Kier molecular flexibility index (Phi) is 5.55. The first-order chi connectivity index (χ1) is 10.5. The number of ether oxygens (including phenoxy) is 1. The van der Waals surface area contributed by atoms with Gasteiger partial charge in [0.15, 0.2) is 0 Å². The Labute approximate surface area is 132 Å². The zero-order valence-electron chi connectivity index (χ0n) is 13.9. The molecule has 122 valence electrons. The fourth-order valence-electron chi connectivity index (χ4n) is 2.73. The van der Waals surface area contributed by atoms with Gasteiger partial charge >= 0.3 is 0 Å². The molecule has 4 N–H and O–H groups in total. The SMILES string of the molecule is CCCCn1c(C)cc(COCCn2c(C)ccc2N)c1N. The first kappa shape index (κ1) is 16.5. The molecule has 5 nitrogen and oxygen atoms in total. The number of nitrogen functional groups attached to an aromatic ring is 2. The van der Waals surface area contributed by atoms with Crippen LogP contribution in [0.25, 0.3) is 0 Å². The Morgan fingerprint density at radius 2 is 1.82 bits per heavy atom. The lowest BCUT2D eigenvalue weighted by molar-refractivity contribution is 0.113. The standard InChI is InChI=1S/C17H28N4O/c1-4-5-8-21-14(3)11-15(17(21)19)12-22-10-9-20-13(2)6-7-16(20)18/h6-7,11H,4-5,8-10,12,18-19H2,1-3H3. The Morgan fingerprint density at radius 3 is 2.45 bits per heavy atom. The fraction of sp³-hybridized carbons (Fsp3) is 0.529. The monoisotopic (exact) mass is 304 g/mol. The highest BCUT2D eigenvalue weighted by atomic mass is 16.5. The van der Waals surface area contributed by atoms with Crippen LogP contribution < -0.4 is 11.5 Å². The molecule has 0 aliphatic heterocycles. The third-order valence-corrected chi connectivity index (χ3v) is 4.11. The normalized spacial score (nSPS) is 11.2. The Balaban J connectivity index is 1.87. The van der Waals surface area contributed by atoms with Gasteiger partial charge in [-0.25, -0.2) is 0 Å². The summed E-state index contributed by atoms with van der Waals surface area (Å²) in [6, 6.07) is 6.06. The first-order valence-electron chi connectivity index (χ1n) is 7.98. The zero-order valence-corrected chi connectivity index (χ0v) is 13.9. The lowest BCUT2D eigenvalue weighted by Crippen LogP contribution is -2.10. The van der Waals surface area contributed by atoms with Crippen LogP contribution in [0, 0.1) is 13.8 Å². The van der Waals surface area contributed by atoms with Crippen LogP contribution in [0.5, 0.6) is 0 Å². The van der Waals surface area contributed by atoms with Crippen LogP contribution in [0.1, 0.15) is 36.7 Å². The average molecular weight is 304 g/mol. The molecule has 0 bridgehead atoms. The van der Waals surface area contributed by atoms with Crippen molar-refractivity contribution in [3.05, 3.63) is 35.2 Å². The first-order valence-corrected chi connectivity index (χ1v) is 7.98. The molecular weight excluding hydrogens is 276 g/mol. The van der Waals surface area contributed by atoms with Gasteiger partial charge in [-0.2, -0.15) is 0 Å². The minimum absolute atomic E-state index is 0.548. The molecule has 0 radical (unpaired) electrons. The van der Waals surface area contributed by atoms with Crippen LogP contribution in [0.4, 0.5) is 11.6 Å². The van der Waals surface area contributed by atoms with E-state index in [4.69, 9.17) is 16.2 Å².